The molecule has 1 fully saturated rings. The summed E-state index contributed by atoms with van der Waals surface area (Å²) in [5.41, 5.74) is 0. The van der Waals surface area contributed by atoms with Crippen molar-refractivity contribution in [1.82, 2.24) is 0 Å². The Hall–Kier alpha value is -0.790. The standard InChI is InChI=1S/C7H8O2/c8-7-4-5-2-1-3-6(5)9-7/h1-2,5-6H,3-4H2/t5-,6?/m0/s1. The van der Waals surface area contributed by atoms with Gasteiger partial charge in [-0.25, -0.2) is 0 Å². The van der Waals surface area contributed by atoms with Crippen molar-refractivity contribution >= 4 is 5.97 Å². The van der Waals surface area contributed by atoms with E-state index in [-0.39, 0.29) is 12.1 Å². The quantitative estimate of drug-likeness (QED) is 0.354. The summed E-state index contributed by atoms with van der Waals surface area (Å²) in [6.45, 7) is 0. The molecule has 2 heteroatoms. The second-order valence-corrected chi connectivity index (χ2v) is 2.56. The molecule has 0 saturated carbocycles. The molecular formula is C7H8O2. The molecule has 2 aliphatic rings. The van der Waals surface area contributed by atoms with Gasteiger partial charge in [0.2, 0.25) is 0 Å². The Morgan fingerprint density at radius 3 is 3.33 bits per heavy atom. The minimum atomic E-state index is -0.0330. The van der Waals surface area contributed by atoms with Crippen molar-refractivity contribution in [2.75, 3.05) is 0 Å². The Morgan fingerprint density at radius 1 is 1.67 bits per heavy atom. The maximum absolute atomic E-state index is 10.6. The summed E-state index contributed by atoms with van der Waals surface area (Å²) in [5.74, 6) is 0.367. The van der Waals surface area contributed by atoms with E-state index < -0.39 is 0 Å². The van der Waals surface area contributed by atoms with Gasteiger partial charge in [0.25, 0.3) is 0 Å². The predicted molar refractivity (Wildman–Crippen MR) is 31.7 cm³/mol. The predicted octanol–water partition coefficient (Wildman–Crippen LogP) is 0.878. The van der Waals surface area contributed by atoms with E-state index in [0.29, 0.717) is 12.3 Å². The van der Waals surface area contributed by atoms with E-state index in [9.17, 15) is 4.79 Å². The first-order valence-electron chi connectivity index (χ1n) is 3.22. The molecule has 1 saturated heterocycles. The molecule has 2 atom stereocenters. The number of hydrogen-bond acceptors (Lipinski definition) is 2. The van der Waals surface area contributed by atoms with Gasteiger partial charge in [0.1, 0.15) is 6.10 Å². The van der Waals surface area contributed by atoms with Crippen LogP contribution >= 0.6 is 0 Å². The molecule has 0 spiro atoms. The lowest BCUT2D eigenvalue weighted by Crippen LogP contribution is -2.07. The Kier molecular flexibility index (Phi) is 0.891. The van der Waals surface area contributed by atoms with E-state index in [0.717, 1.165) is 6.42 Å². The second kappa shape index (κ2) is 1.59. The van der Waals surface area contributed by atoms with Crippen LogP contribution in [-0.4, -0.2) is 12.1 Å². The van der Waals surface area contributed by atoms with E-state index in [1.165, 1.54) is 0 Å². The molecule has 1 aliphatic heterocycles. The Morgan fingerprint density at radius 2 is 2.56 bits per heavy atom. The van der Waals surface area contributed by atoms with Gasteiger partial charge in [0, 0.05) is 12.3 Å². The van der Waals surface area contributed by atoms with E-state index >= 15 is 0 Å². The van der Waals surface area contributed by atoms with Gasteiger partial charge >= 0.3 is 5.97 Å². The molecule has 1 aliphatic carbocycles. The highest BCUT2D eigenvalue weighted by molar-refractivity contribution is 5.72. The maximum atomic E-state index is 10.6. The van der Waals surface area contributed by atoms with Gasteiger partial charge < -0.3 is 4.74 Å². The molecule has 0 bridgehead atoms. The third-order valence-electron chi connectivity index (χ3n) is 1.91. The topological polar surface area (TPSA) is 26.3 Å². The molecule has 2 rings (SSSR count). The lowest BCUT2D eigenvalue weighted by atomic mass is 10.1. The van der Waals surface area contributed by atoms with Gasteiger partial charge in [-0.2, -0.15) is 0 Å². The molecule has 0 aromatic rings. The lowest BCUT2D eigenvalue weighted by molar-refractivity contribution is -0.141. The normalized spacial score (nSPS) is 38.9. The highest BCUT2D eigenvalue weighted by Gasteiger charge is 2.34. The molecule has 1 heterocycles. The summed E-state index contributed by atoms with van der Waals surface area (Å²) >= 11 is 0. The van der Waals surface area contributed by atoms with Crippen LogP contribution in [-0.2, 0) is 9.53 Å². The van der Waals surface area contributed by atoms with Crippen LogP contribution in [0.1, 0.15) is 12.8 Å². The third-order valence-corrected chi connectivity index (χ3v) is 1.91. The molecule has 2 nitrogen and oxygen atoms in total. The first kappa shape index (κ1) is 5.03. The Balaban J connectivity index is 2.17. The molecule has 0 amide bonds. The van der Waals surface area contributed by atoms with Gasteiger partial charge in [0.15, 0.2) is 0 Å². The van der Waals surface area contributed by atoms with Gasteiger partial charge in [-0.05, 0) is 0 Å². The van der Waals surface area contributed by atoms with E-state index in [2.05, 4.69) is 12.2 Å². The Labute approximate surface area is 53.5 Å². The van der Waals surface area contributed by atoms with Gasteiger partial charge in [-0.1, -0.05) is 12.2 Å². The zero-order chi connectivity index (χ0) is 6.27. The van der Waals surface area contributed by atoms with E-state index in [4.69, 9.17) is 4.74 Å². The average molecular weight is 124 g/mol. The lowest BCUT2D eigenvalue weighted by Gasteiger charge is -2.03. The smallest absolute Gasteiger partial charge is 0.306 e. The SMILES string of the molecule is O=C1C[C@@H]2C=CCC2O1. The van der Waals surface area contributed by atoms with E-state index in [1.807, 2.05) is 0 Å². The van der Waals surface area contributed by atoms with Crippen LogP contribution in [0.2, 0.25) is 0 Å². The number of esters is 1. The van der Waals surface area contributed by atoms with Crippen molar-refractivity contribution in [3.8, 4) is 0 Å². The van der Waals surface area contributed by atoms with Crippen LogP contribution in [0.4, 0.5) is 0 Å². The number of carbonyl (C=O) groups excluding carboxylic acids is 1. The molecular weight excluding hydrogens is 116 g/mol. The van der Waals surface area contributed by atoms with Crippen molar-refractivity contribution in [3.63, 3.8) is 0 Å². The molecule has 0 aromatic heterocycles. The van der Waals surface area contributed by atoms with Crippen LogP contribution in [0.3, 0.4) is 0 Å². The minimum Gasteiger partial charge on any atom is -0.461 e. The molecule has 0 radical (unpaired) electrons. The maximum Gasteiger partial charge on any atom is 0.306 e. The first-order valence-corrected chi connectivity index (χ1v) is 3.22. The Bertz CT molecular complexity index is 172. The molecule has 9 heavy (non-hydrogen) atoms. The second-order valence-electron chi connectivity index (χ2n) is 2.56. The zero-order valence-electron chi connectivity index (χ0n) is 5.04. The molecule has 0 N–H and O–H groups in total. The number of fused-ring (bicyclic) bond motifs is 1. The van der Waals surface area contributed by atoms with Crippen LogP contribution in [0, 0.1) is 5.92 Å². The highest BCUT2D eigenvalue weighted by Crippen LogP contribution is 2.30. The summed E-state index contributed by atoms with van der Waals surface area (Å²) < 4.78 is 4.98. The van der Waals surface area contributed by atoms with Crippen molar-refractivity contribution in [2.45, 2.75) is 18.9 Å². The largest absolute Gasteiger partial charge is 0.461 e. The molecule has 1 unspecified atom stereocenters. The monoisotopic (exact) mass is 124 g/mol. The fourth-order valence-corrected chi connectivity index (χ4v) is 1.43. The summed E-state index contributed by atoms with van der Waals surface area (Å²) in [6, 6.07) is 0. The highest BCUT2D eigenvalue weighted by atomic mass is 16.5. The van der Waals surface area contributed by atoms with Crippen molar-refractivity contribution in [1.29, 1.82) is 0 Å². The number of rotatable bonds is 0. The first-order chi connectivity index (χ1) is 4.36. The van der Waals surface area contributed by atoms with Gasteiger partial charge in [-0.3, -0.25) is 4.79 Å². The fourth-order valence-electron chi connectivity index (χ4n) is 1.43. The van der Waals surface area contributed by atoms with Gasteiger partial charge in [0.05, 0.1) is 6.42 Å². The number of ether oxygens (including phenoxy) is 1. The fraction of sp³-hybridized carbons (Fsp3) is 0.571. The summed E-state index contributed by atoms with van der Waals surface area (Å²) in [5, 5.41) is 0. The summed E-state index contributed by atoms with van der Waals surface area (Å²) in [6.07, 6.45) is 5.88. The van der Waals surface area contributed by atoms with Gasteiger partial charge in [-0.15, -0.1) is 0 Å². The average Bonchev–Trinajstić information content (AvgIpc) is 2.22. The van der Waals surface area contributed by atoms with Crippen molar-refractivity contribution in [2.24, 2.45) is 5.92 Å². The van der Waals surface area contributed by atoms with Crippen molar-refractivity contribution < 1.29 is 9.53 Å². The number of hydrogen-bond donors (Lipinski definition) is 0. The van der Waals surface area contributed by atoms with E-state index in [1.54, 1.807) is 0 Å². The minimum absolute atomic E-state index is 0.0330. The van der Waals surface area contributed by atoms with Crippen molar-refractivity contribution in [3.05, 3.63) is 12.2 Å². The molecule has 0 aromatic carbocycles. The zero-order valence-corrected chi connectivity index (χ0v) is 5.04. The number of carbonyl (C=O) groups is 1. The van der Waals surface area contributed by atoms with Crippen LogP contribution in [0.5, 0.6) is 0 Å². The van der Waals surface area contributed by atoms with Crippen LogP contribution in [0.15, 0.2) is 12.2 Å². The summed E-state index contributed by atoms with van der Waals surface area (Å²) in [4.78, 5) is 10.6. The molecule has 48 valence electrons. The van der Waals surface area contributed by atoms with Crippen LogP contribution in [0.25, 0.3) is 0 Å². The third kappa shape index (κ3) is 0.661. The van der Waals surface area contributed by atoms with Crippen LogP contribution < -0.4 is 0 Å². The summed E-state index contributed by atoms with van der Waals surface area (Å²) in [7, 11) is 0.